The quantitative estimate of drug-likeness (QED) is 0.204. The highest BCUT2D eigenvalue weighted by atomic mass is 35.5. The van der Waals surface area contributed by atoms with Crippen LogP contribution < -0.4 is 9.47 Å². The Morgan fingerprint density at radius 3 is 2.37 bits per heavy atom. The van der Waals surface area contributed by atoms with Gasteiger partial charge in [0.15, 0.2) is 0 Å². The zero-order valence-electron chi connectivity index (χ0n) is 21.6. The molecule has 1 amide bonds. The van der Waals surface area contributed by atoms with Crippen LogP contribution in [0.25, 0.3) is 5.76 Å². The molecule has 0 saturated carbocycles. The molecule has 198 valence electrons. The van der Waals surface area contributed by atoms with Crippen molar-refractivity contribution in [1.29, 1.82) is 0 Å². The summed E-state index contributed by atoms with van der Waals surface area (Å²) in [4.78, 5) is 27.6. The molecule has 4 rings (SSSR count). The fraction of sp³-hybridized carbons (Fsp3) is 0.267. The minimum atomic E-state index is -0.803. The SMILES string of the molecule is CCOc1cc(/C(O)=C2/C(=O)C(=O)N(CCOC)C2c2ccc(OCc3ccc(C)cc3)cc2)ccc1Cl. The minimum absolute atomic E-state index is 0.0100. The molecule has 1 saturated heterocycles. The molecule has 0 aliphatic carbocycles. The van der Waals surface area contributed by atoms with E-state index in [1.54, 1.807) is 42.5 Å². The number of amides is 1. The van der Waals surface area contributed by atoms with E-state index in [0.717, 1.165) is 5.56 Å². The van der Waals surface area contributed by atoms with Crippen molar-refractivity contribution in [2.45, 2.75) is 26.5 Å². The van der Waals surface area contributed by atoms with Crippen LogP contribution in [0.1, 0.15) is 35.2 Å². The molecule has 3 aromatic rings. The van der Waals surface area contributed by atoms with Crippen molar-refractivity contribution < 1.29 is 28.9 Å². The van der Waals surface area contributed by atoms with Crippen LogP contribution in [0.15, 0.2) is 72.3 Å². The summed E-state index contributed by atoms with van der Waals surface area (Å²) in [5.74, 6) is -0.755. The number of nitrogens with zero attached hydrogens (tertiary/aromatic N) is 1. The predicted molar refractivity (Wildman–Crippen MR) is 145 cm³/mol. The Morgan fingerprint density at radius 1 is 1.00 bits per heavy atom. The zero-order valence-corrected chi connectivity index (χ0v) is 22.3. The van der Waals surface area contributed by atoms with Gasteiger partial charge in [-0.1, -0.05) is 53.6 Å². The van der Waals surface area contributed by atoms with Crippen LogP contribution in [0.5, 0.6) is 11.5 Å². The molecule has 0 radical (unpaired) electrons. The molecule has 0 bridgehead atoms. The van der Waals surface area contributed by atoms with Gasteiger partial charge in [-0.25, -0.2) is 0 Å². The first kappa shape index (κ1) is 27.2. The first-order valence-electron chi connectivity index (χ1n) is 12.3. The van der Waals surface area contributed by atoms with E-state index < -0.39 is 17.7 Å². The molecular weight excluding hydrogens is 506 g/mol. The normalized spacial score (nSPS) is 16.6. The zero-order chi connectivity index (χ0) is 27.2. The van der Waals surface area contributed by atoms with E-state index in [1.165, 1.54) is 17.6 Å². The maximum atomic E-state index is 13.2. The summed E-state index contributed by atoms with van der Waals surface area (Å²) in [6, 6.07) is 19.2. The molecule has 1 N–H and O–H groups in total. The lowest BCUT2D eigenvalue weighted by molar-refractivity contribution is -0.140. The summed E-state index contributed by atoms with van der Waals surface area (Å²) in [7, 11) is 1.52. The van der Waals surface area contributed by atoms with Crippen LogP contribution in [0, 0.1) is 6.92 Å². The summed E-state index contributed by atoms with van der Waals surface area (Å²) in [5.41, 5.74) is 3.19. The third-order valence-electron chi connectivity index (χ3n) is 6.30. The van der Waals surface area contributed by atoms with Crippen LogP contribution >= 0.6 is 11.6 Å². The highest BCUT2D eigenvalue weighted by Crippen LogP contribution is 2.40. The van der Waals surface area contributed by atoms with Gasteiger partial charge in [-0.3, -0.25) is 9.59 Å². The van der Waals surface area contributed by atoms with Gasteiger partial charge in [0.25, 0.3) is 11.7 Å². The highest BCUT2D eigenvalue weighted by Gasteiger charge is 2.45. The smallest absolute Gasteiger partial charge is 0.295 e. The summed E-state index contributed by atoms with van der Waals surface area (Å²) < 4.78 is 16.6. The molecule has 1 unspecified atom stereocenters. The Kier molecular flexibility index (Phi) is 8.71. The minimum Gasteiger partial charge on any atom is -0.507 e. The lowest BCUT2D eigenvalue weighted by Gasteiger charge is -2.25. The van der Waals surface area contributed by atoms with Gasteiger partial charge < -0.3 is 24.2 Å². The number of aliphatic hydroxyl groups excluding tert-OH is 1. The summed E-state index contributed by atoms with van der Waals surface area (Å²) in [6.45, 7) is 5.05. The number of benzene rings is 3. The number of hydrogen-bond acceptors (Lipinski definition) is 6. The Morgan fingerprint density at radius 2 is 1.71 bits per heavy atom. The number of aliphatic hydroxyl groups is 1. The van der Waals surface area contributed by atoms with E-state index >= 15 is 0 Å². The lowest BCUT2D eigenvalue weighted by Crippen LogP contribution is -2.32. The average molecular weight is 536 g/mol. The third kappa shape index (κ3) is 5.85. The van der Waals surface area contributed by atoms with Gasteiger partial charge in [0.2, 0.25) is 0 Å². The average Bonchev–Trinajstić information content (AvgIpc) is 3.17. The molecule has 7 nitrogen and oxygen atoms in total. The molecule has 8 heteroatoms. The van der Waals surface area contributed by atoms with Crippen molar-refractivity contribution in [3.05, 3.63) is 99.6 Å². The van der Waals surface area contributed by atoms with Crippen molar-refractivity contribution in [2.75, 3.05) is 26.9 Å². The first-order chi connectivity index (χ1) is 18.3. The number of carbonyl (C=O) groups excluding carboxylic acids is 2. The molecule has 1 aliphatic rings. The second-order valence-corrected chi connectivity index (χ2v) is 9.31. The molecule has 1 atom stereocenters. The van der Waals surface area contributed by atoms with Crippen molar-refractivity contribution in [3.8, 4) is 11.5 Å². The Labute approximate surface area is 227 Å². The van der Waals surface area contributed by atoms with E-state index in [4.69, 9.17) is 25.8 Å². The van der Waals surface area contributed by atoms with E-state index in [1.807, 2.05) is 38.1 Å². The van der Waals surface area contributed by atoms with E-state index in [2.05, 4.69) is 0 Å². The Hall–Kier alpha value is -3.81. The van der Waals surface area contributed by atoms with E-state index in [0.29, 0.717) is 40.9 Å². The van der Waals surface area contributed by atoms with Crippen molar-refractivity contribution in [1.82, 2.24) is 4.90 Å². The number of aryl methyl sites for hydroxylation is 1. The third-order valence-corrected chi connectivity index (χ3v) is 6.61. The Balaban J connectivity index is 1.68. The van der Waals surface area contributed by atoms with Gasteiger partial charge in [0.1, 0.15) is 23.9 Å². The number of Topliss-reactive ketones (excluding diaryl/α,β-unsaturated/α-hetero) is 1. The summed E-state index contributed by atoms with van der Waals surface area (Å²) in [5, 5.41) is 11.7. The lowest BCUT2D eigenvalue weighted by atomic mass is 9.95. The number of halogens is 1. The Bertz CT molecular complexity index is 1330. The number of ether oxygens (including phenoxy) is 3. The topological polar surface area (TPSA) is 85.3 Å². The summed E-state index contributed by atoms with van der Waals surface area (Å²) in [6.07, 6.45) is 0. The van der Waals surface area contributed by atoms with E-state index in [9.17, 15) is 14.7 Å². The number of hydrogen-bond donors (Lipinski definition) is 1. The monoisotopic (exact) mass is 535 g/mol. The van der Waals surface area contributed by atoms with Crippen LogP contribution in [-0.4, -0.2) is 48.6 Å². The molecule has 38 heavy (non-hydrogen) atoms. The first-order valence-corrected chi connectivity index (χ1v) is 12.7. The van der Waals surface area contributed by atoms with Gasteiger partial charge in [0, 0.05) is 19.2 Å². The molecular formula is C30H30ClNO6. The molecule has 0 aromatic heterocycles. The maximum Gasteiger partial charge on any atom is 0.295 e. The van der Waals surface area contributed by atoms with Crippen molar-refractivity contribution in [2.24, 2.45) is 0 Å². The predicted octanol–water partition coefficient (Wildman–Crippen LogP) is 5.69. The van der Waals surface area contributed by atoms with Gasteiger partial charge in [-0.2, -0.15) is 0 Å². The van der Waals surface area contributed by atoms with Crippen LogP contribution in [0.4, 0.5) is 0 Å². The second kappa shape index (κ2) is 12.2. The fourth-order valence-corrected chi connectivity index (χ4v) is 4.49. The number of methoxy groups -OCH3 is 1. The van der Waals surface area contributed by atoms with Gasteiger partial charge in [0.05, 0.1) is 29.9 Å². The van der Waals surface area contributed by atoms with Gasteiger partial charge in [-0.05, 0) is 55.3 Å². The van der Waals surface area contributed by atoms with Crippen LogP contribution in [0.2, 0.25) is 5.02 Å². The van der Waals surface area contributed by atoms with Gasteiger partial charge in [-0.15, -0.1) is 0 Å². The van der Waals surface area contributed by atoms with E-state index in [-0.39, 0.29) is 24.5 Å². The number of likely N-dealkylation sites (tertiary alicyclic amines) is 1. The number of carbonyl (C=O) groups is 2. The van der Waals surface area contributed by atoms with Crippen LogP contribution in [-0.2, 0) is 20.9 Å². The fourth-order valence-electron chi connectivity index (χ4n) is 4.32. The van der Waals surface area contributed by atoms with Crippen molar-refractivity contribution >= 4 is 29.1 Å². The van der Waals surface area contributed by atoms with Gasteiger partial charge >= 0.3 is 0 Å². The molecule has 0 spiro atoms. The molecule has 1 fully saturated rings. The molecule has 1 aliphatic heterocycles. The molecule has 3 aromatic carbocycles. The largest absolute Gasteiger partial charge is 0.507 e. The maximum absolute atomic E-state index is 13.2. The van der Waals surface area contributed by atoms with Crippen molar-refractivity contribution in [3.63, 3.8) is 0 Å². The number of rotatable bonds is 10. The second-order valence-electron chi connectivity index (χ2n) is 8.91. The van der Waals surface area contributed by atoms with Crippen LogP contribution in [0.3, 0.4) is 0 Å². The summed E-state index contributed by atoms with van der Waals surface area (Å²) >= 11 is 6.20. The highest BCUT2D eigenvalue weighted by molar-refractivity contribution is 6.46. The number of ketones is 1. The standard InChI is InChI=1S/C30H30ClNO6/c1-4-37-25-17-22(11-14-24(25)31)28(33)26-27(32(15-16-36-3)30(35)29(26)34)21-9-12-23(13-10-21)38-18-20-7-5-19(2)6-8-20/h5-14,17,27,33H,4,15-16,18H2,1-3H3/b28-26-. The molecule has 1 heterocycles.